The molecule has 0 saturated carbocycles. The summed E-state index contributed by atoms with van der Waals surface area (Å²) in [4.78, 5) is 0. The molecule has 0 aliphatic rings. The van der Waals surface area contributed by atoms with Gasteiger partial charge in [-0.05, 0) is 45.2 Å². The minimum Gasteiger partial charge on any atom is -0.370 e. The van der Waals surface area contributed by atoms with Crippen molar-refractivity contribution >= 4 is 384 Å². The van der Waals surface area contributed by atoms with Gasteiger partial charge in [0.1, 0.15) is 8.01 Å². The van der Waals surface area contributed by atoms with Crippen LogP contribution in [0.15, 0.2) is 0 Å². The summed E-state index contributed by atoms with van der Waals surface area (Å²) in [5, 5.41) is 11.5. The summed E-state index contributed by atoms with van der Waals surface area (Å²) >= 11 is 42.9. The minimum absolute atomic E-state index is 0.00709. The molecule has 1 unspecified atom stereocenters. The standard InChI is InChI=1S/C8HI17O/c9-1(8(24,25)26,3(12,13)6(18,19)20)2(10,11)4(14,15)5(16,17)7(21,22)23/h26H. The fraction of sp³-hybridized carbons (Fsp3) is 1.00. The van der Waals surface area contributed by atoms with Crippen molar-refractivity contribution in [2.45, 2.75) is 9.62 Å². The van der Waals surface area contributed by atoms with Gasteiger partial charge in [0.2, 0.25) is 0 Å². The monoisotopic (exact) mass is 2270 g/mol. The quantitative estimate of drug-likeness (QED) is 0.199. The molecule has 0 saturated heterocycles. The SMILES string of the molecule is OC(I)(I)C(I)(C(I)(I)C(I)(I)I)C(I)(I)C(I)(I)C(I)(I)C(I)(I)I. The van der Waals surface area contributed by atoms with Crippen molar-refractivity contribution in [1.82, 2.24) is 0 Å². The molecule has 0 radical (unpaired) electrons. The van der Waals surface area contributed by atoms with Crippen molar-refractivity contribution < 1.29 is 5.11 Å². The highest BCUT2D eigenvalue weighted by molar-refractivity contribution is 14.3. The Labute approximate surface area is 386 Å². The van der Waals surface area contributed by atoms with Crippen LogP contribution in [0.3, 0.4) is 0 Å². The number of aliphatic hydroxyl groups is 1. The summed E-state index contributed by atoms with van der Waals surface area (Å²) in [5.74, 6) is 0. The lowest BCUT2D eigenvalue weighted by atomic mass is 9.99. The van der Waals surface area contributed by atoms with E-state index in [1.165, 1.54) is 0 Å². The maximum absolute atomic E-state index is 11.5. The van der Waals surface area contributed by atoms with Crippen LogP contribution in [0.5, 0.6) is 0 Å². The van der Waals surface area contributed by atoms with Crippen LogP contribution in [-0.2, 0) is 0 Å². The summed E-state index contributed by atoms with van der Waals surface area (Å²) in [6.45, 7) is 0. The summed E-state index contributed by atoms with van der Waals surface area (Å²) in [7, 11) is 0. The molecule has 0 rings (SSSR count). The zero-order chi connectivity index (χ0) is 22.0. The van der Waals surface area contributed by atoms with Gasteiger partial charge in [-0.3, -0.25) is 0 Å². The lowest BCUT2D eigenvalue weighted by Crippen LogP contribution is -2.72. The average molecular weight is 2270 g/mol. The van der Waals surface area contributed by atoms with Crippen molar-refractivity contribution in [3.63, 3.8) is 0 Å². The van der Waals surface area contributed by atoms with Gasteiger partial charge < -0.3 is 5.11 Å². The first-order valence-electron chi connectivity index (χ1n) is 5.19. The first-order valence-corrected chi connectivity index (χ1v) is 23.5. The van der Waals surface area contributed by atoms with E-state index in [4.69, 9.17) is 0 Å². The molecule has 1 nitrogen and oxygen atoms in total. The molecule has 1 atom stereocenters. The summed E-state index contributed by atoms with van der Waals surface area (Å²) in [5.41, 5.74) is 0. The Bertz CT molecular complexity index is 520. The van der Waals surface area contributed by atoms with E-state index < -0.39 is 5.04 Å². The van der Waals surface area contributed by atoms with E-state index in [1.807, 2.05) is 0 Å². The number of halogens is 17. The predicted molar refractivity (Wildman–Crippen MR) is 262 cm³/mol. The van der Waals surface area contributed by atoms with Gasteiger partial charge in [0.15, 0.2) is 1.61 Å². The van der Waals surface area contributed by atoms with Crippen LogP contribution in [0, 0.1) is 0 Å². The fourth-order valence-electron chi connectivity index (χ4n) is 1.36. The van der Waals surface area contributed by atoms with Crippen molar-refractivity contribution in [3.8, 4) is 0 Å². The highest BCUT2D eigenvalue weighted by atomic mass is 127. The molecule has 0 heterocycles. The molecule has 0 bridgehead atoms. The second kappa shape index (κ2) is 13.6. The molecule has 1 N–H and O–H groups in total. The van der Waals surface area contributed by atoms with Gasteiger partial charge in [-0.1, -0.05) is 339 Å². The van der Waals surface area contributed by atoms with Crippen LogP contribution in [0.2, 0.25) is 0 Å². The van der Waals surface area contributed by atoms with Gasteiger partial charge in [-0.15, -0.1) is 0 Å². The first-order chi connectivity index (χ1) is 10.8. The fourth-order valence-corrected chi connectivity index (χ4v) is 26.6. The number of alkyl halides is 17. The summed E-state index contributed by atoms with van der Waals surface area (Å²) in [6.07, 6.45) is 0. The van der Waals surface area contributed by atoms with Crippen molar-refractivity contribution in [2.24, 2.45) is 0 Å². The van der Waals surface area contributed by atoms with Crippen molar-refractivity contribution in [2.75, 3.05) is 0 Å². The van der Waals surface area contributed by atoms with Crippen LogP contribution in [-0.4, -0.2) is 14.7 Å². The third-order valence-electron chi connectivity index (χ3n) is 2.78. The Hall–Kier alpha value is 12.4. The summed E-state index contributed by atoms with van der Waals surface area (Å²) < 4.78 is -2.41. The molecule has 0 fully saturated rings. The molecule has 0 aromatic heterocycles. The van der Waals surface area contributed by atoms with Gasteiger partial charge >= 0.3 is 0 Å². The van der Waals surface area contributed by atoms with E-state index in [9.17, 15) is 5.11 Å². The number of hydrogen-bond donors (Lipinski definition) is 1. The molecule has 26 heavy (non-hydrogen) atoms. The zero-order valence-electron chi connectivity index (χ0n) is 10.9. The first kappa shape index (κ1) is 38.4. The molecular weight excluding hydrogens is 2270 g/mol. The van der Waals surface area contributed by atoms with E-state index in [-0.39, 0.29) is 4.58 Å². The van der Waals surface area contributed by atoms with E-state index in [0.29, 0.717) is 0 Å². The van der Waals surface area contributed by atoms with Gasteiger partial charge in [0.25, 0.3) is 0 Å². The Kier molecular flexibility index (Phi) is 20.0. The van der Waals surface area contributed by atoms with Crippen molar-refractivity contribution in [1.29, 1.82) is 0 Å². The lowest BCUT2D eigenvalue weighted by Gasteiger charge is -2.60. The Morgan fingerprint density at radius 1 is 0.346 bits per heavy atom. The topological polar surface area (TPSA) is 20.2 Å². The maximum atomic E-state index is 11.5. The third-order valence-corrected chi connectivity index (χ3v) is 51.4. The summed E-state index contributed by atoms with van der Waals surface area (Å²) in [6, 6.07) is 0. The molecule has 0 aromatic carbocycles. The van der Waals surface area contributed by atoms with Crippen LogP contribution >= 0.6 is 384 Å². The molecular formula is C8HI17O. The average Bonchev–Trinajstić information content (AvgIpc) is 2.32. The molecule has 0 spiro atoms. The Morgan fingerprint density at radius 3 is 0.808 bits per heavy atom. The van der Waals surface area contributed by atoms with Crippen LogP contribution < -0.4 is 0 Å². The van der Waals surface area contributed by atoms with E-state index >= 15 is 0 Å². The Morgan fingerprint density at radius 2 is 0.615 bits per heavy atom. The Balaban J connectivity index is 7.03. The molecule has 0 aliphatic heterocycles. The molecule has 18 heteroatoms. The third kappa shape index (κ3) is 8.01. The smallest absolute Gasteiger partial charge is 0.185 e. The number of hydrogen-bond acceptors (Lipinski definition) is 1. The second-order valence-corrected chi connectivity index (χ2v) is 54.6. The second-order valence-electron chi connectivity index (χ2n) is 4.49. The van der Waals surface area contributed by atoms with Crippen molar-refractivity contribution in [3.05, 3.63) is 0 Å². The van der Waals surface area contributed by atoms with Gasteiger partial charge in [-0.25, -0.2) is 0 Å². The van der Waals surface area contributed by atoms with E-state index in [0.717, 1.165) is 0 Å². The highest BCUT2D eigenvalue weighted by Gasteiger charge is 2.79. The van der Waals surface area contributed by atoms with E-state index in [2.05, 4.69) is 384 Å². The molecule has 158 valence electrons. The highest BCUT2D eigenvalue weighted by Crippen LogP contribution is 2.79. The van der Waals surface area contributed by atoms with Crippen LogP contribution in [0.4, 0.5) is 0 Å². The predicted octanol–water partition coefficient (Wildman–Crippen LogP) is 12.9. The molecule has 0 amide bonds. The molecule has 0 aromatic rings. The van der Waals surface area contributed by atoms with Crippen LogP contribution in [0.1, 0.15) is 0 Å². The van der Waals surface area contributed by atoms with Crippen LogP contribution in [0.25, 0.3) is 0 Å². The zero-order valence-corrected chi connectivity index (χ0v) is 47.6. The number of rotatable bonds is 7. The lowest BCUT2D eigenvalue weighted by molar-refractivity contribution is 0.217. The molecule has 0 aliphatic carbocycles. The normalized spacial score (nSPS) is 18.7. The largest absolute Gasteiger partial charge is 0.370 e. The minimum atomic E-state index is -0.962. The maximum Gasteiger partial charge on any atom is 0.185 e. The van der Waals surface area contributed by atoms with Gasteiger partial charge in [0, 0.05) is 0 Å². The van der Waals surface area contributed by atoms with Gasteiger partial charge in [-0.2, -0.15) is 0 Å². The van der Waals surface area contributed by atoms with E-state index in [1.54, 1.807) is 0 Å². The van der Waals surface area contributed by atoms with Gasteiger partial charge in [0.05, 0.1) is 0 Å².